The Balaban J connectivity index is 2.33. The van der Waals surface area contributed by atoms with Crippen LogP contribution < -0.4 is 15.4 Å². The standard InChI is InChI=1S/C13H16N2O3/c1-14-12(16)8-5-9(13(17)15-2)7-11(6-8)18-10-3-4-10/h5-7,10H,3-4H2,1-2H3,(H,14,16)(H,15,17). The lowest BCUT2D eigenvalue weighted by molar-refractivity contribution is 0.0962. The number of carbonyl (C=O) groups excluding carboxylic acids is 2. The first kappa shape index (κ1) is 12.4. The van der Waals surface area contributed by atoms with Gasteiger partial charge in [-0.1, -0.05) is 0 Å². The third-order valence-electron chi connectivity index (χ3n) is 2.71. The largest absolute Gasteiger partial charge is 0.490 e. The van der Waals surface area contributed by atoms with Crippen LogP contribution in [-0.4, -0.2) is 32.0 Å². The van der Waals surface area contributed by atoms with Crippen LogP contribution >= 0.6 is 0 Å². The maximum absolute atomic E-state index is 11.6. The van der Waals surface area contributed by atoms with Gasteiger partial charge < -0.3 is 15.4 Å². The van der Waals surface area contributed by atoms with Gasteiger partial charge in [-0.15, -0.1) is 0 Å². The van der Waals surface area contributed by atoms with Crippen LogP contribution in [0.15, 0.2) is 18.2 Å². The molecule has 1 aromatic rings. The fraction of sp³-hybridized carbons (Fsp3) is 0.385. The van der Waals surface area contributed by atoms with E-state index in [2.05, 4.69) is 10.6 Å². The summed E-state index contributed by atoms with van der Waals surface area (Å²) in [5, 5.41) is 5.07. The van der Waals surface area contributed by atoms with Crippen LogP contribution in [0, 0.1) is 0 Å². The molecule has 2 rings (SSSR count). The predicted molar refractivity (Wildman–Crippen MR) is 66.9 cm³/mol. The van der Waals surface area contributed by atoms with E-state index in [0.29, 0.717) is 16.9 Å². The Kier molecular flexibility index (Phi) is 3.50. The second-order valence-electron chi connectivity index (χ2n) is 4.22. The Bertz CT molecular complexity index is 447. The van der Waals surface area contributed by atoms with Gasteiger partial charge in [-0.25, -0.2) is 0 Å². The minimum absolute atomic E-state index is 0.225. The van der Waals surface area contributed by atoms with Gasteiger partial charge in [-0.3, -0.25) is 9.59 Å². The molecule has 96 valence electrons. The summed E-state index contributed by atoms with van der Waals surface area (Å²) in [6.45, 7) is 0. The summed E-state index contributed by atoms with van der Waals surface area (Å²) in [6, 6.07) is 4.87. The molecule has 1 aromatic carbocycles. The summed E-state index contributed by atoms with van der Waals surface area (Å²) in [4.78, 5) is 23.3. The zero-order valence-electron chi connectivity index (χ0n) is 10.4. The number of hydrogen-bond donors (Lipinski definition) is 2. The average molecular weight is 248 g/mol. The second kappa shape index (κ2) is 5.08. The van der Waals surface area contributed by atoms with Gasteiger partial charge in [0.15, 0.2) is 0 Å². The molecule has 0 radical (unpaired) electrons. The molecule has 0 aromatic heterocycles. The molecule has 0 atom stereocenters. The Labute approximate surface area is 106 Å². The number of carbonyl (C=O) groups is 2. The molecule has 5 heteroatoms. The molecule has 0 unspecified atom stereocenters. The van der Waals surface area contributed by atoms with Gasteiger partial charge in [-0.05, 0) is 31.0 Å². The highest BCUT2D eigenvalue weighted by Crippen LogP contribution is 2.28. The molecule has 18 heavy (non-hydrogen) atoms. The van der Waals surface area contributed by atoms with Crippen LogP contribution in [0.1, 0.15) is 33.6 Å². The molecule has 0 aliphatic heterocycles. The third-order valence-corrected chi connectivity index (χ3v) is 2.71. The highest BCUT2D eigenvalue weighted by atomic mass is 16.5. The average Bonchev–Trinajstić information content (AvgIpc) is 3.20. The van der Waals surface area contributed by atoms with E-state index in [1.54, 1.807) is 32.3 Å². The van der Waals surface area contributed by atoms with E-state index in [-0.39, 0.29) is 17.9 Å². The molecular formula is C13H16N2O3. The first-order valence-corrected chi connectivity index (χ1v) is 5.90. The van der Waals surface area contributed by atoms with Crippen molar-refractivity contribution in [1.29, 1.82) is 0 Å². The van der Waals surface area contributed by atoms with Crippen molar-refractivity contribution in [2.45, 2.75) is 18.9 Å². The van der Waals surface area contributed by atoms with Crippen molar-refractivity contribution < 1.29 is 14.3 Å². The van der Waals surface area contributed by atoms with Crippen molar-refractivity contribution in [1.82, 2.24) is 10.6 Å². The van der Waals surface area contributed by atoms with Crippen LogP contribution in [0.5, 0.6) is 5.75 Å². The topological polar surface area (TPSA) is 67.4 Å². The zero-order chi connectivity index (χ0) is 13.1. The minimum Gasteiger partial charge on any atom is -0.490 e. The smallest absolute Gasteiger partial charge is 0.251 e. The van der Waals surface area contributed by atoms with E-state index in [9.17, 15) is 9.59 Å². The van der Waals surface area contributed by atoms with Gasteiger partial charge in [0.05, 0.1) is 6.10 Å². The summed E-state index contributed by atoms with van der Waals surface area (Å²) >= 11 is 0. The van der Waals surface area contributed by atoms with E-state index in [1.165, 1.54) is 0 Å². The summed E-state index contributed by atoms with van der Waals surface area (Å²) in [6.07, 6.45) is 2.28. The molecule has 2 amide bonds. The Hall–Kier alpha value is -2.04. The Morgan fingerprint density at radius 2 is 1.56 bits per heavy atom. The van der Waals surface area contributed by atoms with E-state index in [0.717, 1.165) is 12.8 Å². The van der Waals surface area contributed by atoms with Crippen molar-refractivity contribution >= 4 is 11.8 Å². The van der Waals surface area contributed by atoms with Gasteiger partial charge in [0, 0.05) is 25.2 Å². The van der Waals surface area contributed by atoms with Gasteiger partial charge in [0.25, 0.3) is 11.8 Å². The van der Waals surface area contributed by atoms with Crippen LogP contribution in [-0.2, 0) is 0 Å². The first-order valence-electron chi connectivity index (χ1n) is 5.90. The lowest BCUT2D eigenvalue weighted by Gasteiger charge is -2.09. The third kappa shape index (κ3) is 2.80. The van der Waals surface area contributed by atoms with Gasteiger partial charge in [0.1, 0.15) is 5.75 Å². The molecule has 0 saturated heterocycles. The zero-order valence-corrected chi connectivity index (χ0v) is 10.4. The number of benzene rings is 1. The van der Waals surface area contributed by atoms with E-state index >= 15 is 0 Å². The molecular weight excluding hydrogens is 232 g/mol. The highest BCUT2D eigenvalue weighted by molar-refractivity contribution is 6.00. The molecule has 0 spiro atoms. The summed E-state index contributed by atoms with van der Waals surface area (Å²) in [7, 11) is 3.10. The van der Waals surface area contributed by atoms with Gasteiger partial charge >= 0.3 is 0 Å². The molecule has 1 aliphatic carbocycles. The van der Waals surface area contributed by atoms with Crippen LogP contribution in [0.25, 0.3) is 0 Å². The number of rotatable bonds is 4. The quantitative estimate of drug-likeness (QED) is 0.833. The summed E-state index contributed by atoms with van der Waals surface area (Å²) in [5.74, 6) is 0.0972. The maximum atomic E-state index is 11.6. The summed E-state index contributed by atoms with van der Waals surface area (Å²) in [5.41, 5.74) is 0.850. The predicted octanol–water partition coefficient (Wildman–Crippen LogP) is 0.947. The fourth-order valence-electron chi connectivity index (χ4n) is 1.60. The number of ether oxygens (including phenoxy) is 1. The number of amides is 2. The maximum Gasteiger partial charge on any atom is 0.251 e. The van der Waals surface area contributed by atoms with Crippen molar-refractivity contribution in [3.8, 4) is 5.75 Å². The molecule has 2 N–H and O–H groups in total. The van der Waals surface area contributed by atoms with Crippen molar-refractivity contribution in [3.63, 3.8) is 0 Å². The number of hydrogen-bond acceptors (Lipinski definition) is 3. The minimum atomic E-state index is -0.235. The monoisotopic (exact) mass is 248 g/mol. The van der Waals surface area contributed by atoms with E-state index < -0.39 is 0 Å². The van der Waals surface area contributed by atoms with E-state index in [4.69, 9.17) is 4.74 Å². The van der Waals surface area contributed by atoms with E-state index in [1.807, 2.05) is 0 Å². The molecule has 0 bridgehead atoms. The molecule has 5 nitrogen and oxygen atoms in total. The fourth-order valence-corrected chi connectivity index (χ4v) is 1.60. The van der Waals surface area contributed by atoms with Gasteiger partial charge in [-0.2, -0.15) is 0 Å². The van der Waals surface area contributed by atoms with Crippen molar-refractivity contribution in [2.24, 2.45) is 0 Å². The lowest BCUT2D eigenvalue weighted by atomic mass is 10.1. The van der Waals surface area contributed by atoms with Crippen molar-refractivity contribution in [3.05, 3.63) is 29.3 Å². The molecule has 1 fully saturated rings. The second-order valence-corrected chi connectivity index (χ2v) is 4.22. The summed E-state index contributed by atoms with van der Waals surface area (Å²) < 4.78 is 5.64. The molecule has 1 aliphatic rings. The van der Waals surface area contributed by atoms with Gasteiger partial charge in [0.2, 0.25) is 0 Å². The van der Waals surface area contributed by atoms with Crippen LogP contribution in [0.2, 0.25) is 0 Å². The first-order chi connectivity index (χ1) is 8.63. The van der Waals surface area contributed by atoms with Crippen LogP contribution in [0.4, 0.5) is 0 Å². The Morgan fingerprint density at radius 3 is 1.94 bits per heavy atom. The normalized spacial score (nSPS) is 13.9. The Morgan fingerprint density at radius 1 is 1.06 bits per heavy atom. The SMILES string of the molecule is CNC(=O)c1cc(OC2CC2)cc(C(=O)NC)c1. The highest BCUT2D eigenvalue weighted by Gasteiger charge is 2.24. The number of nitrogens with one attached hydrogen (secondary N) is 2. The lowest BCUT2D eigenvalue weighted by Crippen LogP contribution is -2.21. The van der Waals surface area contributed by atoms with Crippen molar-refractivity contribution in [2.75, 3.05) is 14.1 Å². The van der Waals surface area contributed by atoms with Crippen LogP contribution in [0.3, 0.4) is 0 Å². The molecule has 1 saturated carbocycles. The molecule has 0 heterocycles.